The molecule has 1 aromatic heterocycles. The van der Waals surface area contributed by atoms with Crippen molar-refractivity contribution in [1.29, 1.82) is 0 Å². The number of hydrogen-bond acceptors (Lipinski definition) is 4. The molecule has 40 heavy (non-hydrogen) atoms. The largest absolute Gasteiger partial charge is 0.481 e. The summed E-state index contributed by atoms with van der Waals surface area (Å²) in [5.74, 6) is -1.18. The molecule has 3 N–H and O–H groups in total. The molecule has 5 rings (SSSR count). The van der Waals surface area contributed by atoms with E-state index in [-0.39, 0.29) is 71.5 Å². The van der Waals surface area contributed by atoms with Crippen LogP contribution in [0.1, 0.15) is 70.8 Å². The highest BCUT2D eigenvalue weighted by Gasteiger charge is 2.53. The van der Waals surface area contributed by atoms with E-state index < -0.39 is 5.97 Å². The molecule has 2 heterocycles. The van der Waals surface area contributed by atoms with E-state index in [0.717, 1.165) is 55.0 Å². The van der Waals surface area contributed by atoms with Crippen LogP contribution in [0.4, 0.5) is 4.39 Å². The first-order valence-electron chi connectivity index (χ1n) is 15.2. The number of aromatic nitrogens is 1. The minimum atomic E-state index is -0.794. The van der Waals surface area contributed by atoms with E-state index in [9.17, 15) is 23.9 Å². The fourth-order valence-corrected chi connectivity index (χ4v) is 8.41. The zero-order valence-electron chi connectivity index (χ0n) is 24.0. The molecular weight excluding hydrogens is 509 g/mol. The van der Waals surface area contributed by atoms with Gasteiger partial charge in [0.15, 0.2) is 5.78 Å². The summed E-state index contributed by atoms with van der Waals surface area (Å²) in [7, 11) is 1.78. The van der Waals surface area contributed by atoms with Gasteiger partial charge in [-0.2, -0.15) is 0 Å². The first kappa shape index (κ1) is 28.8. The second-order valence-corrected chi connectivity index (χ2v) is 12.7. The predicted octanol–water partition coefficient (Wildman–Crippen LogP) is 5.19. The number of amides is 1. The number of hydrogen-bond donors (Lipinski definition) is 3. The lowest BCUT2D eigenvalue weighted by Crippen LogP contribution is -2.50. The molecule has 1 aliphatic heterocycles. The van der Waals surface area contributed by atoms with E-state index in [1.807, 2.05) is 20.0 Å². The third-order valence-corrected chi connectivity index (χ3v) is 10.4. The van der Waals surface area contributed by atoms with Gasteiger partial charge < -0.3 is 20.3 Å². The minimum Gasteiger partial charge on any atom is -0.481 e. The van der Waals surface area contributed by atoms with Crippen LogP contribution in [0.5, 0.6) is 0 Å². The zero-order valence-corrected chi connectivity index (χ0v) is 24.0. The van der Waals surface area contributed by atoms with Crippen LogP contribution in [0, 0.1) is 41.3 Å². The fourth-order valence-electron chi connectivity index (χ4n) is 8.41. The normalized spacial score (nSPS) is 27.4. The molecule has 2 saturated carbocycles. The van der Waals surface area contributed by atoms with E-state index in [1.165, 1.54) is 18.6 Å². The molecule has 0 radical (unpaired) electrons. The van der Waals surface area contributed by atoms with Crippen LogP contribution in [0.25, 0.3) is 10.9 Å². The molecule has 0 bridgehead atoms. The van der Waals surface area contributed by atoms with Crippen molar-refractivity contribution in [2.24, 2.45) is 35.5 Å². The minimum absolute atomic E-state index is 0.0180. The zero-order chi connectivity index (χ0) is 28.6. The number of fused-ring (bicyclic) bond motifs is 2. The summed E-state index contributed by atoms with van der Waals surface area (Å²) in [6.45, 7) is 4.42. The highest BCUT2D eigenvalue weighted by atomic mass is 19.1. The third kappa shape index (κ3) is 5.56. The molecule has 8 heteroatoms. The van der Waals surface area contributed by atoms with Crippen molar-refractivity contribution < 1.29 is 23.9 Å². The van der Waals surface area contributed by atoms with Crippen LogP contribution in [-0.2, 0) is 20.8 Å². The number of carbonyl (C=O) groups excluding carboxylic acids is 2. The molecule has 218 valence electrons. The molecule has 2 aliphatic carbocycles. The van der Waals surface area contributed by atoms with Crippen molar-refractivity contribution in [3.8, 4) is 0 Å². The molecule has 7 nitrogen and oxygen atoms in total. The predicted molar refractivity (Wildman–Crippen MR) is 152 cm³/mol. The lowest BCUT2D eigenvalue weighted by molar-refractivity contribution is -0.146. The Bertz CT molecular complexity index is 1240. The average molecular weight is 554 g/mol. The van der Waals surface area contributed by atoms with Gasteiger partial charge in [0.1, 0.15) is 5.82 Å². The van der Waals surface area contributed by atoms with E-state index >= 15 is 0 Å². The summed E-state index contributed by atoms with van der Waals surface area (Å²) in [6, 6.07) is 4.40. The van der Waals surface area contributed by atoms with E-state index in [2.05, 4.69) is 15.2 Å². The highest BCUT2D eigenvalue weighted by Crippen LogP contribution is 2.50. The van der Waals surface area contributed by atoms with Crippen molar-refractivity contribution in [3.63, 3.8) is 0 Å². The van der Waals surface area contributed by atoms with Gasteiger partial charge >= 0.3 is 5.97 Å². The number of rotatable bonds is 10. The second-order valence-electron chi connectivity index (χ2n) is 12.7. The number of Topliss-reactive ketones (excluding diaryl/α,β-unsaturated/α-hetero) is 1. The summed E-state index contributed by atoms with van der Waals surface area (Å²) in [4.78, 5) is 45.0. The van der Waals surface area contributed by atoms with Crippen LogP contribution in [0.2, 0.25) is 0 Å². The van der Waals surface area contributed by atoms with Gasteiger partial charge in [-0.1, -0.05) is 26.2 Å². The van der Waals surface area contributed by atoms with E-state index in [0.29, 0.717) is 13.0 Å². The van der Waals surface area contributed by atoms with Gasteiger partial charge in [-0.3, -0.25) is 14.4 Å². The van der Waals surface area contributed by atoms with Crippen LogP contribution < -0.4 is 5.32 Å². The molecule has 3 aliphatic rings. The SMILES string of the molecule is CN[C@@H](C)C(=O)[C@H](C)[C@H](C(=O)N1CC[C@H]2C(CC(=O)O)C[C@H](Cc3c[nH]c4cc(F)ccc34)[C@H]21)C1CCCCC1. The van der Waals surface area contributed by atoms with Crippen molar-refractivity contribution in [3.05, 3.63) is 35.8 Å². The summed E-state index contributed by atoms with van der Waals surface area (Å²) in [5.41, 5.74) is 1.82. The number of aromatic amines is 1. The van der Waals surface area contributed by atoms with E-state index in [4.69, 9.17) is 0 Å². The summed E-state index contributed by atoms with van der Waals surface area (Å²) >= 11 is 0. The molecule has 3 fully saturated rings. The quantitative estimate of drug-likeness (QED) is 0.376. The number of nitrogens with one attached hydrogen (secondary N) is 2. The third-order valence-electron chi connectivity index (χ3n) is 10.4. The van der Waals surface area contributed by atoms with Gasteiger partial charge in [0.05, 0.1) is 12.0 Å². The number of aliphatic carboxylic acids is 1. The molecule has 2 aromatic rings. The Morgan fingerprint density at radius 2 is 1.88 bits per heavy atom. The van der Waals surface area contributed by atoms with Gasteiger partial charge in [-0.15, -0.1) is 0 Å². The number of likely N-dealkylation sites (tertiary alicyclic amines) is 1. The van der Waals surface area contributed by atoms with Crippen LogP contribution in [0.3, 0.4) is 0 Å². The van der Waals surface area contributed by atoms with Gasteiger partial charge in [-0.25, -0.2) is 4.39 Å². The fraction of sp³-hybridized carbons (Fsp3) is 0.656. The number of H-pyrrole nitrogens is 1. The van der Waals surface area contributed by atoms with E-state index in [1.54, 1.807) is 13.1 Å². The highest BCUT2D eigenvalue weighted by molar-refractivity contribution is 5.92. The number of nitrogens with zero attached hydrogens (tertiary/aromatic N) is 1. The molecule has 0 spiro atoms. The Morgan fingerprint density at radius 3 is 2.58 bits per heavy atom. The Hall–Kier alpha value is -2.74. The molecular formula is C32H44FN3O4. The number of ketones is 1. The number of carboxylic acids is 1. The summed E-state index contributed by atoms with van der Waals surface area (Å²) < 4.78 is 13.8. The Balaban J connectivity index is 1.45. The number of carbonyl (C=O) groups is 3. The molecule has 1 saturated heterocycles. The number of likely N-dealkylation sites (N-methyl/N-ethyl adjacent to an activating group) is 1. The second kappa shape index (κ2) is 12.0. The van der Waals surface area contributed by atoms with Crippen molar-refractivity contribution >= 4 is 28.6 Å². The Kier molecular flexibility index (Phi) is 8.64. The van der Waals surface area contributed by atoms with Crippen molar-refractivity contribution in [1.82, 2.24) is 15.2 Å². The topological polar surface area (TPSA) is 102 Å². The number of carboxylic acid groups (broad SMARTS) is 1. The monoisotopic (exact) mass is 553 g/mol. The average Bonchev–Trinajstić information content (AvgIpc) is 3.64. The van der Waals surface area contributed by atoms with Gasteiger partial charge in [-0.05, 0) is 93.5 Å². The van der Waals surface area contributed by atoms with Gasteiger partial charge in [0.25, 0.3) is 0 Å². The number of benzene rings is 1. The first-order chi connectivity index (χ1) is 19.2. The maximum Gasteiger partial charge on any atom is 0.303 e. The summed E-state index contributed by atoms with van der Waals surface area (Å²) in [6.07, 6.45) is 9.59. The lowest BCUT2D eigenvalue weighted by atomic mass is 9.71. The maximum absolute atomic E-state index is 14.6. The smallest absolute Gasteiger partial charge is 0.303 e. The van der Waals surface area contributed by atoms with Crippen LogP contribution in [0.15, 0.2) is 24.4 Å². The van der Waals surface area contributed by atoms with Gasteiger partial charge in [0, 0.05) is 42.0 Å². The van der Waals surface area contributed by atoms with Crippen molar-refractivity contribution in [2.75, 3.05) is 13.6 Å². The standard InChI is InChI=1S/C32H44FN3O4/c1-18(31(39)19(2)34-3)29(20-7-5-4-6-8-20)32(40)36-12-11-26-21(15-28(37)38)13-22(30(26)36)14-23-17-35-27-16-24(33)9-10-25(23)27/h9-10,16-22,26,29-30,34-35H,4-8,11-15H2,1-3H3,(H,37,38)/t18-,19+,21?,22-,26+,29+,30-/m1/s1. The molecule has 1 amide bonds. The molecule has 1 unspecified atom stereocenters. The number of halogens is 1. The molecule has 7 atom stereocenters. The first-order valence-corrected chi connectivity index (χ1v) is 15.2. The Morgan fingerprint density at radius 1 is 1.12 bits per heavy atom. The lowest BCUT2D eigenvalue weighted by Gasteiger charge is -2.39. The maximum atomic E-state index is 14.6. The Labute approximate surface area is 236 Å². The van der Waals surface area contributed by atoms with Gasteiger partial charge in [0.2, 0.25) is 5.91 Å². The van der Waals surface area contributed by atoms with Crippen LogP contribution >= 0.6 is 0 Å². The summed E-state index contributed by atoms with van der Waals surface area (Å²) in [5, 5.41) is 13.7. The van der Waals surface area contributed by atoms with Crippen LogP contribution in [-0.4, -0.2) is 58.3 Å². The molecule has 1 aromatic carbocycles. The van der Waals surface area contributed by atoms with Crippen molar-refractivity contribution in [2.45, 2.75) is 83.7 Å².